The molecule has 0 aliphatic rings. The maximum atomic E-state index is 3.53. The van der Waals surface area contributed by atoms with Crippen LogP contribution in [0.4, 0.5) is 0 Å². The van der Waals surface area contributed by atoms with Crippen LogP contribution in [0.1, 0.15) is 53.4 Å². The first-order valence-electron chi connectivity index (χ1n) is 6.17. The van der Waals surface area contributed by atoms with Crippen molar-refractivity contribution in [3.05, 3.63) is 0 Å². The Bertz CT molecular complexity index is 115. The number of hydrogen-bond acceptors (Lipinski definition) is 2. The van der Waals surface area contributed by atoms with Crippen molar-refractivity contribution in [3.8, 4) is 0 Å². The van der Waals surface area contributed by atoms with Crippen LogP contribution in [0.25, 0.3) is 0 Å². The normalized spacial score (nSPS) is 15.4. The minimum Gasteiger partial charge on any atom is -0.313 e. The number of unbranched alkanes of at least 4 members (excludes halogenated alkanes) is 1. The van der Waals surface area contributed by atoms with Crippen molar-refractivity contribution in [3.63, 3.8) is 0 Å². The fourth-order valence-electron chi connectivity index (χ4n) is 1.39. The van der Waals surface area contributed by atoms with Crippen molar-refractivity contribution in [2.24, 2.45) is 0 Å². The maximum absolute atomic E-state index is 3.53. The predicted octanol–water partition coefficient (Wildman–Crippen LogP) is 2.54. The summed E-state index contributed by atoms with van der Waals surface area (Å²) in [6, 6.07) is 1.33. The van der Waals surface area contributed by atoms with Gasteiger partial charge in [-0.3, -0.25) is 0 Å². The lowest BCUT2D eigenvalue weighted by atomic mass is 10.1. The fraction of sp³-hybridized carbons (Fsp3) is 1.00. The highest BCUT2D eigenvalue weighted by Gasteiger charge is 2.00. The van der Waals surface area contributed by atoms with E-state index < -0.39 is 0 Å². The molecule has 0 aromatic carbocycles. The van der Waals surface area contributed by atoms with Crippen LogP contribution < -0.4 is 10.6 Å². The third kappa shape index (κ3) is 8.52. The smallest absolute Gasteiger partial charge is 0.00793 e. The molecule has 0 saturated heterocycles. The van der Waals surface area contributed by atoms with Crippen molar-refractivity contribution in [1.82, 2.24) is 10.6 Å². The molecule has 2 atom stereocenters. The standard InChI is InChI=1S/C12H28N2/c1-5-7-8-12(4)14-10-9-13-11(3)6-2/h11-14H,5-10H2,1-4H3. The van der Waals surface area contributed by atoms with Crippen LogP contribution in [-0.2, 0) is 0 Å². The number of hydrogen-bond donors (Lipinski definition) is 2. The van der Waals surface area contributed by atoms with Gasteiger partial charge >= 0.3 is 0 Å². The summed E-state index contributed by atoms with van der Waals surface area (Å²) in [7, 11) is 0. The zero-order chi connectivity index (χ0) is 10.8. The SMILES string of the molecule is CCCCC(C)NCCNC(C)CC. The lowest BCUT2D eigenvalue weighted by molar-refractivity contribution is 0.464. The molecule has 0 bridgehead atoms. The van der Waals surface area contributed by atoms with Crippen molar-refractivity contribution >= 4 is 0 Å². The van der Waals surface area contributed by atoms with E-state index in [1.165, 1.54) is 25.7 Å². The highest BCUT2D eigenvalue weighted by Crippen LogP contribution is 1.98. The largest absolute Gasteiger partial charge is 0.313 e. The molecule has 0 fully saturated rings. The molecule has 2 unspecified atom stereocenters. The van der Waals surface area contributed by atoms with Crippen molar-refractivity contribution in [2.45, 2.75) is 65.5 Å². The second-order valence-electron chi connectivity index (χ2n) is 4.26. The van der Waals surface area contributed by atoms with Gasteiger partial charge in [0.05, 0.1) is 0 Å². The average molecular weight is 200 g/mol. The monoisotopic (exact) mass is 200 g/mol. The van der Waals surface area contributed by atoms with Crippen LogP contribution in [0, 0.1) is 0 Å². The zero-order valence-corrected chi connectivity index (χ0v) is 10.4. The molecular formula is C12H28N2. The molecule has 0 rings (SSSR count). The van der Waals surface area contributed by atoms with Crippen molar-refractivity contribution in [1.29, 1.82) is 0 Å². The molecule has 2 nitrogen and oxygen atoms in total. The molecule has 0 amide bonds. The minimum atomic E-state index is 0.655. The summed E-state index contributed by atoms with van der Waals surface area (Å²) in [5, 5.41) is 7.02. The Kier molecular flexibility index (Phi) is 9.42. The van der Waals surface area contributed by atoms with E-state index in [0.29, 0.717) is 12.1 Å². The van der Waals surface area contributed by atoms with Crippen LogP contribution in [0.5, 0.6) is 0 Å². The first-order chi connectivity index (χ1) is 6.70. The van der Waals surface area contributed by atoms with Gasteiger partial charge in [-0.1, -0.05) is 26.7 Å². The van der Waals surface area contributed by atoms with Gasteiger partial charge in [0, 0.05) is 25.2 Å². The van der Waals surface area contributed by atoms with E-state index in [-0.39, 0.29) is 0 Å². The second-order valence-corrected chi connectivity index (χ2v) is 4.26. The minimum absolute atomic E-state index is 0.655. The van der Waals surface area contributed by atoms with Gasteiger partial charge in [-0.25, -0.2) is 0 Å². The molecule has 0 saturated carbocycles. The van der Waals surface area contributed by atoms with Gasteiger partial charge in [-0.15, -0.1) is 0 Å². The van der Waals surface area contributed by atoms with Crippen LogP contribution in [0.15, 0.2) is 0 Å². The van der Waals surface area contributed by atoms with E-state index in [0.717, 1.165) is 13.1 Å². The Labute approximate surface area is 89.9 Å². The van der Waals surface area contributed by atoms with E-state index >= 15 is 0 Å². The second kappa shape index (κ2) is 9.47. The highest BCUT2D eigenvalue weighted by molar-refractivity contribution is 4.63. The topological polar surface area (TPSA) is 24.1 Å². The summed E-state index contributed by atoms with van der Waals surface area (Å²) in [4.78, 5) is 0. The Morgan fingerprint density at radius 1 is 0.929 bits per heavy atom. The van der Waals surface area contributed by atoms with Crippen LogP contribution >= 0.6 is 0 Å². The summed E-state index contributed by atoms with van der Waals surface area (Å²) >= 11 is 0. The van der Waals surface area contributed by atoms with Gasteiger partial charge in [0.25, 0.3) is 0 Å². The Balaban J connectivity index is 3.18. The molecule has 14 heavy (non-hydrogen) atoms. The van der Waals surface area contributed by atoms with Gasteiger partial charge in [-0.2, -0.15) is 0 Å². The van der Waals surface area contributed by atoms with E-state index in [1.807, 2.05) is 0 Å². The predicted molar refractivity (Wildman–Crippen MR) is 64.7 cm³/mol. The number of nitrogens with one attached hydrogen (secondary N) is 2. The summed E-state index contributed by atoms with van der Waals surface area (Å²) < 4.78 is 0. The Morgan fingerprint density at radius 2 is 1.50 bits per heavy atom. The molecule has 0 aliphatic carbocycles. The lowest BCUT2D eigenvalue weighted by Crippen LogP contribution is -2.36. The van der Waals surface area contributed by atoms with Crippen LogP contribution in [-0.4, -0.2) is 25.2 Å². The summed E-state index contributed by atoms with van der Waals surface area (Å²) in [6.07, 6.45) is 5.16. The fourth-order valence-corrected chi connectivity index (χ4v) is 1.39. The van der Waals surface area contributed by atoms with Gasteiger partial charge in [0.15, 0.2) is 0 Å². The molecule has 0 spiro atoms. The third-order valence-corrected chi connectivity index (χ3v) is 2.71. The summed E-state index contributed by atoms with van der Waals surface area (Å²) in [5.41, 5.74) is 0. The van der Waals surface area contributed by atoms with Crippen molar-refractivity contribution < 1.29 is 0 Å². The number of rotatable bonds is 9. The van der Waals surface area contributed by atoms with Crippen LogP contribution in [0.3, 0.4) is 0 Å². The summed E-state index contributed by atoms with van der Waals surface area (Å²) in [5.74, 6) is 0. The zero-order valence-electron chi connectivity index (χ0n) is 10.4. The first-order valence-corrected chi connectivity index (χ1v) is 6.17. The maximum Gasteiger partial charge on any atom is 0.00793 e. The van der Waals surface area contributed by atoms with Gasteiger partial charge < -0.3 is 10.6 Å². The molecular weight excluding hydrogens is 172 g/mol. The van der Waals surface area contributed by atoms with E-state index in [2.05, 4.69) is 38.3 Å². The quantitative estimate of drug-likeness (QED) is 0.559. The highest BCUT2D eigenvalue weighted by atomic mass is 15.0. The van der Waals surface area contributed by atoms with Crippen molar-refractivity contribution in [2.75, 3.05) is 13.1 Å². The molecule has 0 heterocycles. The molecule has 0 radical (unpaired) electrons. The van der Waals surface area contributed by atoms with E-state index in [4.69, 9.17) is 0 Å². The third-order valence-electron chi connectivity index (χ3n) is 2.71. The molecule has 0 aliphatic heterocycles. The first kappa shape index (κ1) is 13.9. The average Bonchev–Trinajstić information content (AvgIpc) is 2.21. The van der Waals surface area contributed by atoms with Crippen LogP contribution in [0.2, 0.25) is 0 Å². The Hall–Kier alpha value is -0.0800. The lowest BCUT2D eigenvalue weighted by Gasteiger charge is -2.15. The van der Waals surface area contributed by atoms with E-state index in [9.17, 15) is 0 Å². The molecule has 0 aromatic heterocycles. The molecule has 0 aromatic rings. The molecule has 86 valence electrons. The van der Waals surface area contributed by atoms with Gasteiger partial charge in [0.2, 0.25) is 0 Å². The van der Waals surface area contributed by atoms with Gasteiger partial charge in [-0.05, 0) is 26.7 Å². The molecule has 2 N–H and O–H groups in total. The van der Waals surface area contributed by atoms with E-state index in [1.54, 1.807) is 0 Å². The Morgan fingerprint density at radius 3 is 2.00 bits per heavy atom. The summed E-state index contributed by atoms with van der Waals surface area (Å²) in [6.45, 7) is 11.2. The molecule has 2 heteroatoms. The van der Waals surface area contributed by atoms with Gasteiger partial charge in [0.1, 0.15) is 0 Å².